The summed E-state index contributed by atoms with van der Waals surface area (Å²) in [4.78, 5) is 89.1. The van der Waals surface area contributed by atoms with E-state index in [9.17, 15) is 57.7 Å². The van der Waals surface area contributed by atoms with Gasteiger partial charge in [0.1, 0.15) is 52.3 Å². The van der Waals surface area contributed by atoms with E-state index in [2.05, 4.69) is 23.1 Å². The van der Waals surface area contributed by atoms with Gasteiger partial charge in [-0.05, 0) is 114 Å². The minimum absolute atomic E-state index is 0.0183. The van der Waals surface area contributed by atoms with E-state index in [-0.39, 0.29) is 63.7 Å². The fourth-order valence-corrected chi connectivity index (χ4v) is 13.7. The molecule has 4 aromatic heterocycles. The number of piperazine rings is 3. The van der Waals surface area contributed by atoms with Gasteiger partial charge >= 0.3 is 0 Å². The topological polar surface area (TPSA) is 208 Å². The van der Waals surface area contributed by atoms with Crippen molar-refractivity contribution in [3.63, 3.8) is 0 Å². The average Bonchev–Trinajstić information content (AvgIpc) is 0.803. The molecule has 496 valence electrons. The highest BCUT2D eigenvalue weighted by Crippen LogP contribution is 2.35. The second-order valence-corrected chi connectivity index (χ2v) is 25.0. The van der Waals surface area contributed by atoms with Gasteiger partial charge in [0.15, 0.2) is 0 Å². The summed E-state index contributed by atoms with van der Waals surface area (Å²) in [6, 6.07) is 55.0. The van der Waals surface area contributed by atoms with Crippen molar-refractivity contribution in [3.05, 3.63) is 285 Å². The van der Waals surface area contributed by atoms with Crippen LogP contribution in [-0.4, -0.2) is 125 Å². The quantitative estimate of drug-likeness (QED) is 0.125. The molecule has 99 heavy (non-hydrogen) atoms. The van der Waals surface area contributed by atoms with Gasteiger partial charge in [-0.2, -0.15) is 27.1 Å². The van der Waals surface area contributed by atoms with Gasteiger partial charge in [-0.25, -0.2) is 13.2 Å². The van der Waals surface area contributed by atoms with Crippen LogP contribution in [0.2, 0.25) is 5.02 Å². The number of hydrogen-bond acceptors (Lipinski definition) is 13. The third-order valence-electron chi connectivity index (χ3n) is 18.0. The van der Waals surface area contributed by atoms with Crippen molar-refractivity contribution in [1.29, 1.82) is 15.8 Å². The zero-order valence-corrected chi connectivity index (χ0v) is 55.1. The number of para-hydroxylation sites is 2. The first-order chi connectivity index (χ1) is 48.0. The molecule has 14 rings (SSSR count). The zero-order chi connectivity index (χ0) is 69.4. The Morgan fingerprint density at radius 2 is 0.798 bits per heavy atom. The first-order valence-corrected chi connectivity index (χ1v) is 33.1. The summed E-state index contributed by atoms with van der Waals surface area (Å²) in [5.74, 6) is -1.51. The monoisotopic (exact) mass is 1360 g/mol. The van der Waals surface area contributed by atoms with Crippen LogP contribution in [0.15, 0.2) is 201 Å². The molecule has 18 nitrogen and oxygen atoms in total. The van der Waals surface area contributed by atoms with Crippen molar-refractivity contribution in [1.82, 2.24) is 28.4 Å². The van der Waals surface area contributed by atoms with Crippen LogP contribution in [0.5, 0.6) is 0 Å². The lowest BCUT2D eigenvalue weighted by molar-refractivity contribution is 0.0739. The van der Waals surface area contributed by atoms with Crippen molar-refractivity contribution in [2.75, 3.05) is 93.2 Å². The van der Waals surface area contributed by atoms with Crippen LogP contribution >= 0.6 is 22.9 Å². The first kappa shape index (κ1) is 67.2. The van der Waals surface area contributed by atoms with Gasteiger partial charge in [0, 0.05) is 123 Å². The van der Waals surface area contributed by atoms with E-state index in [1.54, 1.807) is 51.7 Å². The molecule has 7 aromatic carbocycles. The lowest BCUT2D eigenvalue weighted by Gasteiger charge is -2.37. The summed E-state index contributed by atoms with van der Waals surface area (Å²) in [7, 11) is 1.69. The molecule has 3 amide bonds. The maximum atomic E-state index is 13.5. The number of pyridine rings is 3. The zero-order valence-electron chi connectivity index (χ0n) is 53.5. The Morgan fingerprint density at radius 3 is 1.24 bits per heavy atom. The number of halogens is 4. The molecule has 0 atom stereocenters. The van der Waals surface area contributed by atoms with Gasteiger partial charge in [-0.3, -0.25) is 28.8 Å². The van der Waals surface area contributed by atoms with E-state index in [0.29, 0.717) is 140 Å². The number of anilines is 3. The Hall–Kier alpha value is -11.8. The number of nitrogens with zero attached hydrogens (tertiary/aromatic N) is 12. The van der Waals surface area contributed by atoms with Gasteiger partial charge in [0.25, 0.3) is 34.4 Å². The molecular weight excluding hydrogens is 1300 g/mol. The van der Waals surface area contributed by atoms with Gasteiger partial charge in [-0.15, -0.1) is 0 Å². The second-order valence-electron chi connectivity index (χ2n) is 23.8. The molecule has 11 aromatic rings. The fraction of sp³-hybridized carbons (Fsp3) is 0.197. The number of benzene rings is 7. The second kappa shape index (κ2) is 29.7. The summed E-state index contributed by atoms with van der Waals surface area (Å²) in [5.41, 5.74) is 6.35. The van der Waals surface area contributed by atoms with Crippen molar-refractivity contribution in [2.24, 2.45) is 7.05 Å². The minimum atomic E-state index is -0.457. The molecule has 7 heterocycles. The van der Waals surface area contributed by atoms with Gasteiger partial charge in [-0.1, -0.05) is 90.5 Å². The molecule has 0 saturated carbocycles. The molecule has 0 spiro atoms. The molecule has 0 bridgehead atoms. The van der Waals surface area contributed by atoms with E-state index >= 15 is 0 Å². The number of carbonyl (C=O) groups excluding carboxylic acids is 3. The Morgan fingerprint density at radius 1 is 0.424 bits per heavy atom. The molecule has 0 unspecified atom stereocenters. The highest BCUT2D eigenvalue weighted by atomic mass is 35.5. The average molecular weight is 1360 g/mol. The van der Waals surface area contributed by atoms with Crippen molar-refractivity contribution < 1.29 is 27.6 Å². The van der Waals surface area contributed by atoms with Gasteiger partial charge in [0.2, 0.25) is 0 Å². The van der Waals surface area contributed by atoms with E-state index in [1.807, 2.05) is 110 Å². The number of hydrogen-bond donors (Lipinski definition) is 0. The van der Waals surface area contributed by atoms with Crippen LogP contribution in [0, 0.1) is 51.4 Å². The third-order valence-corrected chi connectivity index (χ3v) is 18.9. The van der Waals surface area contributed by atoms with Gasteiger partial charge < -0.3 is 43.1 Å². The summed E-state index contributed by atoms with van der Waals surface area (Å²) in [5, 5.41) is 36.2. The maximum Gasteiger partial charge on any atom is 0.271 e. The molecule has 3 aliphatic heterocycles. The number of aromatic nitrogens is 3. The lowest BCUT2D eigenvalue weighted by Crippen LogP contribution is -2.49. The molecular formula is C76H62ClF3N12O6S. The molecule has 0 radical (unpaired) electrons. The molecule has 23 heteroatoms. The first-order valence-electron chi connectivity index (χ1n) is 31.8. The van der Waals surface area contributed by atoms with Crippen molar-refractivity contribution >= 4 is 90.4 Å². The van der Waals surface area contributed by atoms with Gasteiger partial charge in [0.05, 0.1) is 52.3 Å². The number of fused-ring (bicyclic) bond motifs is 3. The summed E-state index contributed by atoms with van der Waals surface area (Å²) >= 11 is 7.84. The number of nitriles is 3. The molecule has 0 aliphatic carbocycles. The van der Waals surface area contributed by atoms with E-state index < -0.39 is 11.4 Å². The smallest absolute Gasteiger partial charge is 0.271 e. The lowest BCUT2D eigenvalue weighted by atomic mass is 10.1. The predicted molar refractivity (Wildman–Crippen MR) is 377 cm³/mol. The van der Waals surface area contributed by atoms with Crippen LogP contribution < -0.4 is 31.4 Å². The number of aryl methyl sites for hydroxylation is 1. The van der Waals surface area contributed by atoms with Crippen LogP contribution in [0.3, 0.4) is 0 Å². The highest BCUT2D eigenvalue weighted by Gasteiger charge is 2.31. The number of amides is 3. The minimum Gasteiger partial charge on any atom is -0.366 e. The van der Waals surface area contributed by atoms with E-state index in [4.69, 9.17) is 11.6 Å². The van der Waals surface area contributed by atoms with Crippen LogP contribution in [0.1, 0.15) is 58.9 Å². The SMILES string of the molecule is Cn1c(=O)c(C#N)c(N2CCN(C(=O)c3ccsc3)CC2)c2ccccc21.N#Cc1c(N2CCN(C(=O)c3ccc(F)cc3)CC2)c2cc(Cl)ccc2n(Cc2ccc(F)cc2)c1=O.N#Cc1c(N2CCN(C(=O)c3ccc(F)cc3)CC2)c2ccccc2n(Cc2ccccc2)c1=O. The molecule has 3 aliphatic rings. The molecule has 3 fully saturated rings. The van der Waals surface area contributed by atoms with Crippen LogP contribution in [0.25, 0.3) is 32.7 Å². The maximum absolute atomic E-state index is 13.5. The highest BCUT2D eigenvalue weighted by molar-refractivity contribution is 7.08. The predicted octanol–water partition coefficient (Wildman–Crippen LogP) is 11.3. The Labute approximate surface area is 575 Å². The summed E-state index contributed by atoms with van der Waals surface area (Å²) in [6.45, 7) is 6.16. The largest absolute Gasteiger partial charge is 0.366 e. The summed E-state index contributed by atoms with van der Waals surface area (Å²) in [6.07, 6.45) is 0. The standard InChI is InChI=1S/C28H21ClF2N4O2.C28H23FN4O2.C20H18N4O2S/c29-20-5-10-25-23(15-20)26(24(16-32)28(37)35(25)17-18-1-6-21(30)7-2-18)33-11-13-34(14-12-33)27(36)19-3-8-22(31)9-4-19;29-22-12-10-21(11-13-22)27(34)32-16-14-31(15-17-32)26-23-8-4-5-9-25(23)33(28(35)24(26)18-30)19-20-6-2-1-3-7-20;1-22-17-5-3-2-4-15(17)18(16(12-21)20(22)26)23-7-9-24(10-8-23)19(25)14-6-11-27-13-14/h1-10,15H,11-14,17H2;1-13H,14-17,19H2;2-6,11,13H,7-10H2,1H3. The van der Waals surface area contributed by atoms with E-state index in [0.717, 1.165) is 27.4 Å². The molecule has 0 N–H and O–H groups in total. The number of thiophene rings is 1. The Balaban J connectivity index is 0.000000143. The third kappa shape index (κ3) is 14.1. The number of carbonyl (C=O) groups is 3. The van der Waals surface area contributed by atoms with E-state index in [1.165, 1.54) is 81.1 Å². The van der Waals surface area contributed by atoms with Crippen LogP contribution in [0.4, 0.5) is 30.2 Å². The summed E-state index contributed by atoms with van der Waals surface area (Å²) < 4.78 is 44.5. The number of rotatable bonds is 10. The van der Waals surface area contributed by atoms with Crippen molar-refractivity contribution in [2.45, 2.75) is 13.1 Å². The normalized spacial score (nSPS) is 13.8. The molecule has 3 saturated heterocycles. The van der Waals surface area contributed by atoms with Crippen LogP contribution in [-0.2, 0) is 20.1 Å². The Bertz CT molecular complexity index is 5200. The Kier molecular flexibility index (Phi) is 20.2. The van der Waals surface area contributed by atoms with Crippen molar-refractivity contribution in [3.8, 4) is 18.2 Å². The fourth-order valence-electron chi connectivity index (χ4n) is 12.9.